The fraction of sp³-hybridized carbons (Fsp3) is 0.200. The summed E-state index contributed by atoms with van der Waals surface area (Å²) in [7, 11) is 0. The molecule has 0 aromatic heterocycles. The minimum Gasteiger partial charge on any atom is -1.00 e. The van der Waals surface area contributed by atoms with E-state index in [-0.39, 0.29) is 40.6 Å². The topological polar surface area (TPSA) is 0 Å². The molecule has 0 N–H and O–H groups in total. The standard InChI is InChI=1S/C5H8.2Li.2H/c1-4-5(2)3;;;;/h4H,1-2H2,3H3;;;;/q;2*+1;2*-1. The third kappa shape index (κ3) is 20.4. The normalized spacial score (nSPS) is 4.71. The van der Waals surface area contributed by atoms with Crippen molar-refractivity contribution in [2.45, 2.75) is 6.92 Å². The summed E-state index contributed by atoms with van der Waals surface area (Å²) in [6.07, 6.45) is 1.72. The average Bonchev–Trinajstić information content (AvgIpc) is 1.38. The van der Waals surface area contributed by atoms with Gasteiger partial charge in [0.15, 0.2) is 0 Å². The van der Waals surface area contributed by atoms with E-state index in [0.29, 0.717) is 0 Å². The van der Waals surface area contributed by atoms with Crippen LogP contribution < -0.4 is 37.7 Å². The Labute approximate surface area is 72.4 Å². The molecule has 0 saturated carbocycles. The molecule has 7 heavy (non-hydrogen) atoms. The summed E-state index contributed by atoms with van der Waals surface area (Å²) in [5.41, 5.74) is 1.02. The predicted octanol–water partition coefficient (Wildman–Crippen LogP) is -4.02. The Morgan fingerprint density at radius 2 is 1.71 bits per heavy atom. The van der Waals surface area contributed by atoms with Crippen LogP contribution in [0.25, 0.3) is 0 Å². The van der Waals surface area contributed by atoms with E-state index in [4.69, 9.17) is 0 Å². The first-order valence-electron chi connectivity index (χ1n) is 1.55. The molecular formula is C5H10Li2. The summed E-state index contributed by atoms with van der Waals surface area (Å²) >= 11 is 0. The summed E-state index contributed by atoms with van der Waals surface area (Å²) in [5.74, 6) is 0. The maximum absolute atomic E-state index is 3.56. The molecule has 0 aromatic rings. The monoisotopic (exact) mass is 84.1 g/mol. The summed E-state index contributed by atoms with van der Waals surface area (Å²) in [4.78, 5) is 0. The Hall–Kier alpha value is 0.675. The molecule has 0 aliphatic carbocycles. The second kappa shape index (κ2) is 9.84. The minimum atomic E-state index is 0. The molecule has 0 bridgehead atoms. The zero-order valence-electron chi connectivity index (χ0n) is 7.49. The van der Waals surface area contributed by atoms with Gasteiger partial charge in [-0.05, 0) is 6.92 Å². The van der Waals surface area contributed by atoms with Crippen LogP contribution in [-0.4, -0.2) is 0 Å². The van der Waals surface area contributed by atoms with Crippen molar-refractivity contribution in [3.63, 3.8) is 0 Å². The predicted molar refractivity (Wildman–Crippen MR) is 27.2 cm³/mol. The summed E-state index contributed by atoms with van der Waals surface area (Å²) in [6.45, 7) is 8.93. The summed E-state index contributed by atoms with van der Waals surface area (Å²) in [5, 5.41) is 0. The molecule has 32 valence electrons. The molecule has 0 aliphatic rings. The Morgan fingerprint density at radius 1 is 1.57 bits per heavy atom. The number of hydrogen-bond acceptors (Lipinski definition) is 0. The Kier molecular flexibility index (Phi) is 22.0. The van der Waals surface area contributed by atoms with Crippen LogP contribution in [0.1, 0.15) is 9.78 Å². The van der Waals surface area contributed by atoms with E-state index < -0.39 is 0 Å². The molecule has 0 unspecified atom stereocenters. The van der Waals surface area contributed by atoms with Gasteiger partial charge in [0.25, 0.3) is 0 Å². The van der Waals surface area contributed by atoms with Crippen LogP contribution in [0.5, 0.6) is 0 Å². The fourth-order valence-corrected chi connectivity index (χ4v) is 0. The molecule has 0 rings (SSSR count). The van der Waals surface area contributed by atoms with Crippen molar-refractivity contribution < 1.29 is 40.6 Å². The van der Waals surface area contributed by atoms with Gasteiger partial charge in [-0.25, -0.2) is 0 Å². The minimum absolute atomic E-state index is 0. The van der Waals surface area contributed by atoms with Crippen LogP contribution in [0.15, 0.2) is 24.8 Å². The number of rotatable bonds is 1. The van der Waals surface area contributed by atoms with Gasteiger partial charge < -0.3 is 2.85 Å². The van der Waals surface area contributed by atoms with Crippen molar-refractivity contribution in [2.75, 3.05) is 0 Å². The van der Waals surface area contributed by atoms with E-state index in [9.17, 15) is 0 Å². The zero-order chi connectivity index (χ0) is 4.28. The van der Waals surface area contributed by atoms with Gasteiger partial charge in [-0.3, -0.25) is 0 Å². The third-order valence-corrected chi connectivity index (χ3v) is 0.348. The van der Waals surface area contributed by atoms with Gasteiger partial charge in [-0.15, -0.1) is 0 Å². The van der Waals surface area contributed by atoms with E-state index in [1.807, 2.05) is 6.92 Å². The quantitative estimate of drug-likeness (QED) is 0.224. The molecule has 0 aromatic carbocycles. The second-order valence-electron chi connectivity index (χ2n) is 1.05. The largest absolute Gasteiger partial charge is 1.00 e. The van der Waals surface area contributed by atoms with Gasteiger partial charge in [0.2, 0.25) is 0 Å². The van der Waals surface area contributed by atoms with Crippen molar-refractivity contribution in [1.82, 2.24) is 0 Å². The van der Waals surface area contributed by atoms with Crippen molar-refractivity contribution in [1.29, 1.82) is 0 Å². The molecule has 0 aliphatic heterocycles. The molecule has 0 radical (unpaired) electrons. The fourth-order valence-electron chi connectivity index (χ4n) is 0. The second-order valence-corrected chi connectivity index (χ2v) is 1.05. The smallest absolute Gasteiger partial charge is 1.00 e. The van der Waals surface area contributed by atoms with Crippen LogP contribution in [0.2, 0.25) is 0 Å². The number of allylic oxidation sites excluding steroid dienone is 2. The zero-order valence-corrected chi connectivity index (χ0v) is 5.49. The van der Waals surface area contributed by atoms with Crippen molar-refractivity contribution >= 4 is 0 Å². The summed E-state index contributed by atoms with van der Waals surface area (Å²) in [6, 6.07) is 0. The first kappa shape index (κ1) is 15.6. The van der Waals surface area contributed by atoms with Gasteiger partial charge in [-0.1, -0.05) is 24.8 Å². The van der Waals surface area contributed by atoms with Gasteiger partial charge >= 0.3 is 37.7 Å². The SMILES string of the molecule is C=CC(=C)C.[H-].[H-].[Li+].[Li+]. The molecule has 0 heterocycles. The molecule has 0 fully saturated rings. The molecule has 0 atom stereocenters. The van der Waals surface area contributed by atoms with E-state index in [0.717, 1.165) is 5.57 Å². The van der Waals surface area contributed by atoms with Gasteiger partial charge in [0.05, 0.1) is 0 Å². The first-order valence-corrected chi connectivity index (χ1v) is 1.55. The Balaban J connectivity index is -0.0000000133. The maximum atomic E-state index is 3.56. The van der Waals surface area contributed by atoms with Crippen molar-refractivity contribution in [2.24, 2.45) is 0 Å². The molecule has 0 saturated heterocycles. The molecule has 2 heteroatoms. The van der Waals surface area contributed by atoms with Crippen LogP contribution >= 0.6 is 0 Å². The van der Waals surface area contributed by atoms with E-state index in [2.05, 4.69) is 13.2 Å². The maximum Gasteiger partial charge on any atom is 1.00 e. The van der Waals surface area contributed by atoms with Crippen LogP contribution in [-0.2, 0) is 0 Å². The van der Waals surface area contributed by atoms with Crippen LogP contribution in [0.4, 0.5) is 0 Å². The Bertz CT molecular complexity index is 64.0. The van der Waals surface area contributed by atoms with Crippen LogP contribution in [0.3, 0.4) is 0 Å². The molecule has 0 nitrogen and oxygen atoms in total. The van der Waals surface area contributed by atoms with Gasteiger partial charge in [0.1, 0.15) is 0 Å². The van der Waals surface area contributed by atoms with Crippen molar-refractivity contribution in [3.05, 3.63) is 24.8 Å². The molecular weight excluding hydrogens is 73.9 g/mol. The number of hydrogen-bond donors (Lipinski definition) is 0. The van der Waals surface area contributed by atoms with E-state index >= 15 is 0 Å². The Morgan fingerprint density at radius 3 is 1.71 bits per heavy atom. The van der Waals surface area contributed by atoms with E-state index in [1.54, 1.807) is 6.08 Å². The van der Waals surface area contributed by atoms with Crippen molar-refractivity contribution in [3.8, 4) is 0 Å². The van der Waals surface area contributed by atoms with Crippen LogP contribution in [0, 0.1) is 0 Å². The summed E-state index contributed by atoms with van der Waals surface area (Å²) < 4.78 is 0. The first-order chi connectivity index (χ1) is 2.27. The molecule has 0 spiro atoms. The van der Waals surface area contributed by atoms with Gasteiger partial charge in [-0.2, -0.15) is 0 Å². The molecule has 0 amide bonds. The third-order valence-electron chi connectivity index (χ3n) is 0.348. The van der Waals surface area contributed by atoms with Gasteiger partial charge in [0, 0.05) is 0 Å². The average molecular weight is 84.0 g/mol. The van der Waals surface area contributed by atoms with E-state index in [1.165, 1.54) is 0 Å².